The van der Waals surface area contributed by atoms with Crippen molar-refractivity contribution in [3.63, 3.8) is 0 Å². The van der Waals surface area contributed by atoms with Crippen LogP contribution in [-0.4, -0.2) is 4.98 Å². The smallest absolute Gasteiger partial charge is 0.165 e. The van der Waals surface area contributed by atoms with Crippen molar-refractivity contribution in [1.82, 2.24) is 4.98 Å². The maximum Gasteiger partial charge on any atom is 0.165 e. The van der Waals surface area contributed by atoms with Crippen LogP contribution in [0.25, 0.3) is 0 Å². The van der Waals surface area contributed by atoms with E-state index in [1.807, 2.05) is 6.07 Å². The quantitative estimate of drug-likeness (QED) is 0.780. The zero-order chi connectivity index (χ0) is 13.0. The largest absolute Gasteiger partial charge is 0.485 e. The minimum absolute atomic E-state index is 0.201. The summed E-state index contributed by atoms with van der Waals surface area (Å²) in [6, 6.07) is 6.57. The van der Waals surface area contributed by atoms with Gasteiger partial charge in [0.2, 0.25) is 0 Å². The standard InChI is InChI=1S/C13H10BrClFNO/c14-11-4-9(6-17-7-11)8-18-13-10(5-15)2-1-3-12(13)16/h1-4,6-7H,5,8H2. The molecule has 0 saturated carbocycles. The van der Waals surface area contributed by atoms with Crippen LogP contribution < -0.4 is 4.74 Å². The van der Waals surface area contributed by atoms with E-state index >= 15 is 0 Å². The lowest BCUT2D eigenvalue weighted by Crippen LogP contribution is -2.00. The van der Waals surface area contributed by atoms with E-state index in [9.17, 15) is 4.39 Å². The molecule has 2 rings (SSSR count). The number of benzene rings is 1. The molecule has 2 nitrogen and oxygen atoms in total. The molecule has 1 heterocycles. The van der Waals surface area contributed by atoms with Gasteiger partial charge in [0.25, 0.3) is 0 Å². The minimum atomic E-state index is -0.406. The highest BCUT2D eigenvalue weighted by Gasteiger charge is 2.09. The summed E-state index contributed by atoms with van der Waals surface area (Å²) in [6.45, 7) is 0.247. The van der Waals surface area contributed by atoms with Gasteiger partial charge in [-0.15, -0.1) is 11.6 Å². The van der Waals surface area contributed by atoms with Crippen molar-refractivity contribution in [2.45, 2.75) is 12.5 Å². The van der Waals surface area contributed by atoms with Crippen molar-refractivity contribution in [3.8, 4) is 5.75 Å². The van der Waals surface area contributed by atoms with Crippen molar-refractivity contribution >= 4 is 27.5 Å². The predicted octanol–water partition coefficient (Wildman–Crippen LogP) is 4.30. The van der Waals surface area contributed by atoms with Crippen LogP contribution in [0.4, 0.5) is 4.39 Å². The Balaban J connectivity index is 2.15. The average molecular weight is 331 g/mol. The van der Waals surface area contributed by atoms with Crippen molar-refractivity contribution in [3.05, 3.63) is 58.1 Å². The summed E-state index contributed by atoms with van der Waals surface area (Å²) in [6.07, 6.45) is 3.35. The zero-order valence-electron chi connectivity index (χ0n) is 9.37. The highest BCUT2D eigenvalue weighted by molar-refractivity contribution is 9.10. The maximum absolute atomic E-state index is 13.6. The number of aromatic nitrogens is 1. The number of halogens is 3. The van der Waals surface area contributed by atoms with Crippen LogP contribution in [0.5, 0.6) is 5.75 Å². The summed E-state index contributed by atoms with van der Waals surface area (Å²) in [5, 5.41) is 0. The summed E-state index contributed by atoms with van der Waals surface area (Å²) in [7, 11) is 0. The Kier molecular flexibility index (Phi) is 4.55. The molecular weight excluding hydrogens is 321 g/mol. The second kappa shape index (κ2) is 6.16. The first-order chi connectivity index (χ1) is 8.70. The Labute approximate surface area is 118 Å². The Hall–Kier alpha value is -1.13. The van der Waals surface area contributed by atoms with Gasteiger partial charge < -0.3 is 4.74 Å². The number of alkyl halides is 1. The third-order valence-electron chi connectivity index (χ3n) is 2.34. The maximum atomic E-state index is 13.6. The Bertz CT molecular complexity index is 550. The number of nitrogens with zero attached hydrogens (tertiary/aromatic N) is 1. The van der Waals surface area contributed by atoms with E-state index in [1.54, 1.807) is 24.5 Å². The number of hydrogen-bond acceptors (Lipinski definition) is 2. The number of hydrogen-bond donors (Lipinski definition) is 0. The summed E-state index contributed by atoms with van der Waals surface area (Å²) in [5.41, 5.74) is 1.49. The van der Waals surface area contributed by atoms with E-state index in [4.69, 9.17) is 16.3 Å². The lowest BCUT2D eigenvalue weighted by atomic mass is 10.2. The Morgan fingerprint density at radius 3 is 2.89 bits per heavy atom. The van der Waals surface area contributed by atoms with Gasteiger partial charge in [-0.25, -0.2) is 4.39 Å². The van der Waals surface area contributed by atoms with Gasteiger partial charge in [-0.05, 0) is 28.1 Å². The minimum Gasteiger partial charge on any atom is -0.485 e. The van der Waals surface area contributed by atoms with Crippen LogP contribution >= 0.6 is 27.5 Å². The van der Waals surface area contributed by atoms with Crippen molar-refractivity contribution in [1.29, 1.82) is 0 Å². The van der Waals surface area contributed by atoms with Crippen LogP contribution in [0.3, 0.4) is 0 Å². The normalized spacial score (nSPS) is 10.4. The molecular formula is C13H10BrClFNO. The first-order valence-corrected chi connectivity index (χ1v) is 6.59. The van der Waals surface area contributed by atoms with Crippen molar-refractivity contribution < 1.29 is 9.13 Å². The van der Waals surface area contributed by atoms with E-state index in [0.29, 0.717) is 5.56 Å². The van der Waals surface area contributed by atoms with Crippen LogP contribution in [0, 0.1) is 5.82 Å². The van der Waals surface area contributed by atoms with E-state index in [1.165, 1.54) is 6.07 Å². The molecule has 94 valence electrons. The van der Waals surface area contributed by atoms with Gasteiger partial charge in [0.05, 0.1) is 5.88 Å². The van der Waals surface area contributed by atoms with Gasteiger partial charge in [-0.2, -0.15) is 0 Å². The molecule has 0 aliphatic carbocycles. The number of para-hydroxylation sites is 1. The highest BCUT2D eigenvalue weighted by Crippen LogP contribution is 2.25. The molecule has 0 spiro atoms. The number of rotatable bonds is 4. The molecule has 18 heavy (non-hydrogen) atoms. The van der Waals surface area contributed by atoms with Crippen molar-refractivity contribution in [2.24, 2.45) is 0 Å². The first kappa shape index (κ1) is 13.3. The van der Waals surface area contributed by atoms with Gasteiger partial charge in [-0.3, -0.25) is 4.98 Å². The molecule has 0 saturated heterocycles. The fourth-order valence-corrected chi connectivity index (χ4v) is 2.13. The molecule has 0 aliphatic heterocycles. The van der Waals surface area contributed by atoms with Gasteiger partial charge in [-0.1, -0.05) is 12.1 Å². The predicted molar refractivity (Wildman–Crippen MR) is 72.2 cm³/mol. The fraction of sp³-hybridized carbons (Fsp3) is 0.154. The molecule has 0 unspecified atom stereocenters. The molecule has 2 aromatic rings. The third kappa shape index (κ3) is 3.21. The van der Waals surface area contributed by atoms with E-state index < -0.39 is 5.82 Å². The van der Waals surface area contributed by atoms with Crippen LogP contribution in [0.15, 0.2) is 41.1 Å². The van der Waals surface area contributed by atoms with Crippen LogP contribution in [-0.2, 0) is 12.5 Å². The van der Waals surface area contributed by atoms with Gasteiger partial charge in [0.15, 0.2) is 11.6 Å². The molecule has 0 radical (unpaired) electrons. The molecule has 0 amide bonds. The Morgan fingerprint density at radius 2 is 2.17 bits per heavy atom. The highest BCUT2D eigenvalue weighted by atomic mass is 79.9. The van der Waals surface area contributed by atoms with E-state index in [2.05, 4.69) is 20.9 Å². The Morgan fingerprint density at radius 1 is 1.33 bits per heavy atom. The molecule has 0 aliphatic rings. The molecule has 0 atom stereocenters. The monoisotopic (exact) mass is 329 g/mol. The van der Waals surface area contributed by atoms with E-state index in [-0.39, 0.29) is 18.2 Å². The molecule has 5 heteroatoms. The summed E-state index contributed by atoms with van der Waals surface area (Å²) in [5.74, 6) is 0.00711. The van der Waals surface area contributed by atoms with E-state index in [0.717, 1.165) is 10.0 Å². The fourth-order valence-electron chi connectivity index (χ4n) is 1.51. The van der Waals surface area contributed by atoms with Gasteiger partial charge in [0, 0.05) is 28.0 Å². The third-order valence-corrected chi connectivity index (χ3v) is 3.06. The molecule has 0 bridgehead atoms. The number of ether oxygens (including phenoxy) is 1. The second-order valence-corrected chi connectivity index (χ2v) is 4.84. The van der Waals surface area contributed by atoms with Crippen LogP contribution in [0.2, 0.25) is 0 Å². The lowest BCUT2D eigenvalue weighted by molar-refractivity contribution is 0.287. The van der Waals surface area contributed by atoms with Crippen molar-refractivity contribution in [2.75, 3.05) is 0 Å². The lowest BCUT2D eigenvalue weighted by Gasteiger charge is -2.10. The summed E-state index contributed by atoms with van der Waals surface area (Å²) < 4.78 is 19.9. The SMILES string of the molecule is Fc1cccc(CCl)c1OCc1cncc(Br)c1. The molecule has 1 aromatic heterocycles. The second-order valence-electron chi connectivity index (χ2n) is 3.66. The number of pyridine rings is 1. The van der Waals surface area contributed by atoms with Gasteiger partial charge in [0.1, 0.15) is 6.61 Å². The van der Waals surface area contributed by atoms with Gasteiger partial charge >= 0.3 is 0 Å². The van der Waals surface area contributed by atoms with Crippen LogP contribution in [0.1, 0.15) is 11.1 Å². The molecule has 0 fully saturated rings. The summed E-state index contributed by atoms with van der Waals surface area (Å²) >= 11 is 9.06. The average Bonchev–Trinajstić information content (AvgIpc) is 2.37. The molecule has 1 aromatic carbocycles. The summed E-state index contributed by atoms with van der Waals surface area (Å²) in [4.78, 5) is 4.01. The topological polar surface area (TPSA) is 22.1 Å². The molecule has 0 N–H and O–H groups in total. The first-order valence-electron chi connectivity index (χ1n) is 5.26. The zero-order valence-corrected chi connectivity index (χ0v) is 11.7.